The van der Waals surface area contributed by atoms with Crippen molar-refractivity contribution < 1.29 is 20.1 Å². The van der Waals surface area contributed by atoms with Crippen molar-refractivity contribution in [1.82, 2.24) is 19.5 Å². The van der Waals surface area contributed by atoms with Crippen LogP contribution in [0.1, 0.15) is 6.23 Å². The van der Waals surface area contributed by atoms with Crippen molar-refractivity contribution in [3.8, 4) is 0 Å². The monoisotopic (exact) mass is 265 g/mol. The summed E-state index contributed by atoms with van der Waals surface area (Å²) >= 11 is 0. The fourth-order valence-corrected chi connectivity index (χ4v) is 1.94. The summed E-state index contributed by atoms with van der Waals surface area (Å²) in [7, 11) is 0. The predicted molar refractivity (Wildman–Crippen MR) is 63.0 cm³/mol. The molecule has 0 radical (unpaired) electrons. The second-order valence-electron chi connectivity index (χ2n) is 4.01. The maximum atomic E-state index is 9.83. The van der Waals surface area contributed by atoms with Crippen LogP contribution in [0.2, 0.25) is 0 Å². The molecule has 9 heteroatoms. The molecule has 2 aromatic heterocycles. The van der Waals surface area contributed by atoms with E-state index in [4.69, 9.17) is 15.6 Å². The lowest BCUT2D eigenvalue weighted by molar-refractivity contribution is -0.0331. The number of anilines is 1. The van der Waals surface area contributed by atoms with Crippen LogP contribution >= 0.6 is 0 Å². The Morgan fingerprint density at radius 3 is 2.74 bits per heavy atom. The van der Waals surface area contributed by atoms with Gasteiger partial charge >= 0.3 is 0 Å². The smallest absolute Gasteiger partial charge is 0.199 e. The largest absolute Gasteiger partial charge is 0.506 e. The molecule has 0 saturated carbocycles. The number of ether oxygens (including phenoxy) is 1. The Labute approximate surface area is 106 Å². The lowest BCUT2D eigenvalue weighted by atomic mass is 10.3. The molecule has 0 spiro atoms. The van der Waals surface area contributed by atoms with Gasteiger partial charge in [0, 0.05) is 0 Å². The van der Waals surface area contributed by atoms with E-state index in [1.807, 2.05) is 0 Å². The Hall–Kier alpha value is -2.39. The molecule has 100 valence electrons. The van der Waals surface area contributed by atoms with E-state index < -0.39 is 30.5 Å². The highest BCUT2D eigenvalue weighted by Gasteiger charge is 2.36. The maximum absolute atomic E-state index is 9.83. The third-order valence-electron chi connectivity index (χ3n) is 2.90. The summed E-state index contributed by atoms with van der Waals surface area (Å²) in [5.41, 5.74) is 6.38. The molecular formula is C10H11N5O4. The van der Waals surface area contributed by atoms with Gasteiger partial charge in [-0.2, -0.15) is 0 Å². The molecule has 1 aliphatic heterocycles. The number of nitrogens with two attached hydrogens (primary N) is 1. The van der Waals surface area contributed by atoms with Crippen molar-refractivity contribution in [3.63, 3.8) is 0 Å². The zero-order valence-electron chi connectivity index (χ0n) is 9.63. The van der Waals surface area contributed by atoms with Gasteiger partial charge in [0.25, 0.3) is 0 Å². The minimum atomic E-state index is -1.00. The van der Waals surface area contributed by atoms with Crippen molar-refractivity contribution in [2.75, 3.05) is 12.3 Å². The van der Waals surface area contributed by atoms with E-state index in [1.165, 1.54) is 17.2 Å². The van der Waals surface area contributed by atoms with Gasteiger partial charge in [-0.15, -0.1) is 0 Å². The van der Waals surface area contributed by atoms with Gasteiger partial charge < -0.3 is 25.8 Å². The molecule has 9 nitrogen and oxygen atoms in total. The van der Waals surface area contributed by atoms with Crippen LogP contribution in [0.3, 0.4) is 0 Å². The van der Waals surface area contributed by atoms with Crippen LogP contribution in [0, 0.1) is 0 Å². The number of rotatable bonds is 2. The number of fused-ring (bicyclic) bond motifs is 1. The van der Waals surface area contributed by atoms with Gasteiger partial charge in [0.05, 0.1) is 12.9 Å². The number of aliphatic hydroxyl groups is 3. The average molecular weight is 265 g/mol. The molecule has 19 heavy (non-hydrogen) atoms. The standard InChI is InChI=1S/C10H11N5O4/c11-8-5-9(13-2-12-8)15(3-14-5)10-7(18)6(17)4(1-16)19-10/h2-4,10,16-18H,1H2,(H2,11,12,13). The lowest BCUT2D eigenvalue weighted by Crippen LogP contribution is -2.18. The van der Waals surface area contributed by atoms with Crippen LogP contribution < -0.4 is 5.73 Å². The van der Waals surface area contributed by atoms with E-state index in [2.05, 4.69) is 15.0 Å². The van der Waals surface area contributed by atoms with Gasteiger partial charge in [0.1, 0.15) is 17.9 Å². The number of nitrogens with zero attached hydrogens (tertiary/aromatic N) is 4. The fourth-order valence-electron chi connectivity index (χ4n) is 1.94. The molecular weight excluding hydrogens is 254 g/mol. The van der Waals surface area contributed by atoms with Crippen LogP contribution in [-0.4, -0.2) is 47.5 Å². The molecule has 0 amide bonds. The SMILES string of the molecule is Nc1ncnc2c1ncn2C1OC(CO)C(O)=C1O. The molecule has 0 saturated heterocycles. The molecule has 3 rings (SSSR count). The summed E-state index contributed by atoms with van der Waals surface area (Å²) < 4.78 is 6.72. The summed E-state index contributed by atoms with van der Waals surface area (Å²) in [5, 5.41) is 28.5. The molecule has 2 aromatic rings. The average Bonchev–Trinajstić information content (AvgIpc) is 2.94. The first-order chi connectivity index (χ1) is 9.13. The third kappa shape index (κ3) is 1.59. The number of aromatic nitrogens is 4. The van der Waals surface area contributed by atoms with Crippen LogP contribution in [0.15, 0.2) is 24.2 Å². The van der Waals surface area contributed by atoms with Crippen LogP contribution in [0.5, 0.6) is 0 Å². The van der Waals surface area contributed by atoms with Gasteiger partial charge in [-0.25, -0.2) is 15.0 Å². The Kier molecular flexibility index (Phi) is 2.50. The molecule has 0 aliphatic carbocycles. The molecule has 2 unspecified atom stereocenters. The minimum Gasteiger partial charge on any atom is -0.506 e. The molecule has 0 aromatic carbocycles. The zero-order chi connectivity index (χ0) is 13.6. The van der Waals surface area contributed by atoms with E-state index in [1.54, 1.807) is 0 Å². The van der Waals surface area contributed by atoms with Gasteiger partial charge in [0.15, 0.2) is 29.2 Å². The van der Waals surface area contributed by atoms with E-state index in [0.717, 1.165) is 0 Å². The summed E-state index contributed by atoms with van der Waals surface area (Å²) in [4.78, 5) is 11.8. The maximum Gasteiger partial charge on any atom is 0.199 e. The van der Waals surface area contributed by atoms with Gasteiger partial charge in [-0.3, -0.25) is 4.57 Å². The van der Waals surface area contributed by atoms with Crippen molar-refractivity contribution in [1.29, 1.82) is 0 Å². The number of hydrogen-bond donors (Lipinski definition) is 4. The van der Waals surface area contributed by atoms with Crippen LogP contribution in [0.25, 0.3) is 11.2 Å². The second-order valence-corrected chi connectivity index (χ2v) is 4.01. The molecule has 0 fully saturated rings. The van der Waals surface area contributed by atoms with Crippen LogP contribution in [0.4, 0.5) is 5.82 Å². The van der Waals surface area contributed by atoms with Gasteiger partial charge in [-0.1, -0.05) is 0 Å². The highest BCUT2D eigenvalue weighted by molar-refractivity contribution is 5.81. The molecule has 3 heterocycles. The molecule has 2 atom stereocenters. The lowest BCUT2D eigenvalue weighted by Gasteiger charge is -2.14. The Balaban J connectivity index is 2.10. The number of aliphatic hydroxyl groups excluding tert-OH is 3. The third-order valence-corrected chi connectivity index (χ3v) is 2.90. The topological polar surface area (TPSA) is 140 Å². The first-order valence-corrected chi connectivity index (χ1v) is 5.44. The van der Waals surface area contributed by atoms with E-state index in [9.17, 15) is 10.2 Å². The fraction of sp³-hybridized carbons (Fsp3) is 0.300. The predicted octanol–water partition coefficient (Wildman–Crippen LogP) is -0.374. The highest BCUT2D eigenvalue weighted by atomic mass is 16.6. The Bertz CT molecular complexity index is 667. The van der Waals surface area contributed by atoms with Gasteiger partial charge in [-0.05, 0) is 0 Å². The highest BCUT2D eigenvalue weighted by Crippen LogP contribution is 2.33. The number of nitrogen functional groups attached to an aromatic ring is 1. The van der Waals surface area contributed by atoms with E-state index in [0.29, 0.717) is 11.2 Å². The summed E-state index contributed by atoms with van der Waals surface area (Å²) in [5.74, 6) is -0.597. The minimum absolute atomic E-state index is 0.202. The molecule has 0 bridgehead atoms. The Morgan fingerprint density at radius 2 is 2.05 bits per heavy atom. The number of hydrogen-bond acceptors (Lipinski definition) is 8. The van der Waals surface area contributed by atoms with Crippen molar-refractivity contribution >= 4 is 17.0 Å². The number of imidazole rings is 1. The molecule has 5 N–H and O–H groups in total. The quantitative estimate of drug-likeness (QED) is 0.576. The summed E-state index contributed by atoms with van der Waals surface area (Å²) in [6.07, 6.45) is 0.650. The normalized spacial score (nSPS) is 23.4. The zero-order valence-corrected chi connectivity index (χ0v) is 9.63. The molecule has 1 aliphatic rings. The van der Waals surface area contributed by atoms with Crippen molar-refractivity contribution in [2.24, 2.45) is 0 Å². The second kappa shape index (κ2) is 4.07. The van der Waals surface area contributed by atoms with Gasteiger partial charge in [0.2, 0.25) is 0 Å². The van der Waals surface area contributed by atoms with Crippen molar-refractivity contribution in [2.45, 2.75) is 12.3 Å². The van der Waals surface area contributed by atoms with E-state index >= 15 is 0 Å². The van der Waals surface area contributed by atoms with E-state index in [-0.39, 0.29) is 5.82 Å². The van der Waals surface area contributed by atoms with Crippen LogP contribution in [-0.2, 0) is 4.74 Å². The summed E-state index contributed by atoms with van der Waals surface area (Å²) in [6, 6.07) is 0. The Morgan fingerprint density at radius 1 is 1.26 bits per heavy atom. The first-order valence-electron chi connectivity index (χ1n) is 5.44. The summed E-state index contributed by atoms with van der Waals surface area (Å²) in [6.45, 7) is -0.448. The van der Waals surface area contributed by atoms with Crippen molar-refractivity contribution in [3.05, 3.63) is 24.2 Å². The first kappa shape index (κ1) is 11.7.